The van der Waals surface area contributed by atoms with Gasteiger partial charge in [-0.1, -0.05) is 22.9 Å². The summed E-state index contributed by atoms with van der Waals surface area (Å²) in [5, 5.41) is 5.33. The molecule has 2 heterocycles. The number of ether oxygens (including phenoxy) is 2. The fourth-order valence-electron chi connectivity index (χ4n) is 2.96. The normalized spacial score (nSPS) is 11.3. The molecule has 156 valence electrons. The second-order valence-electron chi connectivity index (χ2n) is 6.76. The third-order valence-electron chi connectivity index (χ3n) is 4.35. The fourth-order valence-corrected chi connectivity index (χ4v) is 4.24. The maximum Gasteiger partial charge on any atom is 0.267 e. The number of aryl methyl sites for hydroxylation is 1. The van der Waals surface area contributed by atoms with Crippen LogP contribution >= 0.6 is 22.9 Å². The van der Waals surface area contributed by atoms with Gasteiger partial charge >= 0.3 is 0 Å². The Labute approximate surface area is 178 Å². The van der Waals surface area contributed by atoms with Gasteiger partial charge in [-0.05, 0) is 39.2 Å². The third-order valence-corrected chi connectivity index (χ3v) is 5.89. The van der Waals surface area contributed by atoms with E-state index < -0.39 is 0 Å². The SMILES string of the molecule is COc1nn(C)cc1C(=O)N(CCCN(C)C)c1nc2c(OC)ccc(Cl)c2s1. The standard InChI is InChI=1S/C19H24ClN5O3S/c1-23(2)9-6-10-25(18(26)12-11-24(3)22-17(12)28-5)19-21-15-14(27-4)8-7-13(20)16(15)29-19/h7-8,11H,6,9-10H2,1-5H3. The second kappa shape index (κ2) is 8.98. The van der Waals surface area contributed by atoms with Gasteiger partial charge in [0.25, 0.3) is 5.91 Å². The molecule has 1 amide bonds. The Balaban J connectivity index is 2.04. The van der Waals surface area contributed by atoms with Crippen molar-refractivity contribution < 1.29 is 14.3 Å². The van der Waals surface area contributed by atoms with E-state index in [0.717, 1.165) is 17.7 Å². The number of aromatic nitrogens is 3. The van der Waals surface area contributed by atoms with Crippen LogP contribution in [-0.2, 0) is 7.05 Å². The molecule has 3 aromatic rings. The van der Waals surface area contributed by atoms with Crippen molar-refractivity contribution in [2.75, 3.05) is 46.3 Å². The third kappa shape index (κ3) is 4.47. The monoisotopic (exact) mass is 437 g/mol. The largest absolute Gasteiger partial charge is 0.494 e. The van der Waals surface area contributed by atoms with E-state index in [-0.39, 0.29) is 11.8 Å². The Morgan fingerprint density at radius 1 is 1.24 bits per heavy atom. The van der Waals surface area contributed by atoms with Crippen LogP contribution in [-0.4, -0.2) is 67.0 Å². The molecule has 0 fully saturated rings. The number of carbonyl (C=O) groups excluding carboxylic acids is 1. The van der Waals surface area contributed by atoms with Crippen LogP contribution in [0.1, 0.15) is 16.8 Å². The molecule has 8 nitrogen and oxygen atoms in total. The van der Waals surface area contributed by atoms with E-state index in [4.69, 9.17) is 21.1 Å². The minimum Gasteiger partial charge on any atom is -0.494 e. The average Bonchev–Trinajstić information content (AvgIpc) is 3.29. The Bertz CT molecular complexity index is 1020. The van der Waals surface area contributed by atoms with Crippen LogP contribution < -0.4 is 14.4 Å². The molecule has 0 saturated carbocycles. The number of fused-ring (bicyclic) bond motifs is 1. The van der Waals surface area contributed by atoms with Crippen LogP contribution in [0, 0.1) is 0 Å². The number of carbonyl (C=O) groups is 1. The first-order valence-corrected chi connectivity index (χ1v) is 10.2. The van der Waals surface area contributed by atoms with Gasteiger partial charge in [0, 0.05) is 19.8 Å². The van der Waals surface area contributed by atoms with Crippen molar-refractivity contribution in [2.45, 2.75) is 6.42 Å². The van der Waals surface area contributed by atoms with Crippen LogP contribution in [0.25, 0.3) is 10.2 Å². The maximum atomic E-state index is 13.4. The van der Waals surface area contributed by atoms with Crippen molar-refractivity contribution >= 4 is 44.2 Å². The molecule has 1 aromatic carbocycles. The lowest BCUT2D eigenvalue weighted by Gasteiger charge is -2.20. The molecule has 0 N–H and O–H groups in total. The predicted molar refractivity (Wildman–Crippen MR) is 116 cm³/mol. The minimum absolute atomic E-state index is 0.220. The van der Waals surface area contributed by atoms with Crippen molar-refractivity contribution in [1.29, 1.82) is 0 Å². The summed E-state index contributed by atoms with van der Waals surface area (Å²) in [5.41, 5.74) is 1.03. The molecule has 10 heteroatoms. The van der Waals surface area contributed by atoms with Crippen molar-refractivity contribution in [3.8, 4) is 11.6 Å². The topological polar surface area (TPSA) is 72.7 Å². The highest BCUT2D eigenvalue weighted by molar-refractivity contribution is 7.23. The number of hydrogen-bond acceptors (Lipinski definition) is 7. The molecule has 0 bridgehead atoms. The van der Waals surface area contributed by atoms with Gasteiger partial charge in [0.15, 0.2) is 5.13 Å². The van der Waals surface area contributed by atoms with Crippen molar-refractivity contribution in [1.82, 2.24) is 19.7 Å². The lowest BCUT2D eigenvalue weighted by molar-refractivity contribution is 0.0983. The van der Waals surface area contributed by atoms with Crippen molar-refractivity contribution in [3.63, 3.8) is 0 Å². The number of methoxy groups -OCH3 is 2. The van der Waals surface area contributed by atoms with Gasteiger partial charge < -0.3 is 14.4 Å². The van der Waals surface area contributed by atoms with Crippen LogP contribution in [0.5, 0.6) is 11.6 Å². The number of anilines is 1. The first-order chi connectivity index (χ1) is 13.8. The van der Waals surface area contributed by atoms with Gasteiger partial charge in [0.1, 0.15) is 16.8 Å². The zero-order chi connectivity index (χ0) is 21.1. The van der Waals surface area contributed by atoms with Crippen LogP contribution in [0.15, 0.2) is 18.3 Å². The first kappa shape index (κ1) is 21.4. The van der Waals surface area contributed by atoms with Gasteiger partial charge in [0.05, 0.1) is 23.9 Å². The number of amides is 1. The highest BCUT2D eigenvalue weighted by atomic mass is 35.5. The van der Waals surface area contributed by atoms with Crippen LogP contribution in [0.3, 0.4) is 0 Å². The van der Waals surface area contributed by atoms with Gasteiger partial charge in [-0.3, -0.25) is 14.4 Å². The van der Waals surface area contributed by atoms with Gasteiger partial charge in [-0.25, -0.2) is 4.98 Å². The van der Waals surface area contributed by atoms with E-state index in [1.54, 1.807) is 42.1 Å². The molecule has 0 aliphatic heterocycles. The molecule has 3 rings (SSSR count). The second-order valence-corrected chi connectivity index (χ2v) is 8.15. The fraction of sp³-hybridized carbons (Fsp3) is 0.421. The van der Waals surface area contributed by atoms with E-state index >= 15 is 0 Å². The van der Waals surface area contributed by atoms with E-state index in [1.165, 1.54) is 18.4 Å². The van der Waals surface area contributed by atoms with E-state index in [0.29, 0.717) is 33.5 Å². The number of hydrogen-bond donors (Lipinski definition) is 0. The Hall–Kier alpha value is -2.36. The van der Waals surface area contributed by atoms with E-state index in [9.17, 15) is 4.79 Å². The zero-order valence-corrected chi connectivity index (χ0v) is 18.7. The molecule has 0 radical (unpaired) electrons. The molecular formula is C19H24ClN5O3S. The first-order valence-electron chi connectivity index (χ1n) is 9.03. The van der Waals surface area contributed by atoms with E-state index in [2.05, 4.69) is 15.0 Å². The summed E-state index contributed by atoms with van der Waals surface area (Å²) >= 11 is 7.73. The molecule has 0 aliphatic carbocycles. The molecule has 0 spiro atoms. The lowest BCUT2D eigenvalue weighted by atomic mass is 10.2. The summed E-state index contributed by atoms with van der Waals surface area (Å²) in [6, 6.07) is 3.55. The highest BCUT2D eigenvalue weighted by Gasteiger charge is 2.27. The molecule has 0 unspecified atom stereocenters. The molecule has 29 heavy (non-hydrogen) atoms. The number of nitrogens with zero attached hydrogens (tertiary/aromatic N) is 5. The lowest BCUT2D eigenvalue weighted by Crippen LogP contribution is -2.33. The molecule has 0 aliphatic rings. The number of thiazole rings is 1. The van der Waals surface area contributed by atoms with Gasteiger partial charge in [0.2, 0.25) is 5.88 Å². The number of rotatable bonds is 8. The quantitative estimate of drug-likeness (QED) is 0.538. The highest BCUT2D eigenvalue weighted by Crippen LogP contribution is 2.39. The van der Waals surface area contributed by atoms with Gasteiger partial charge in [-0.2, -0.15) is 0 Å². The number of halogens is 1. The summed E-state index contributed by atoms with van der Waals surface area (Å²) in [6.07, 6.45) is 2.43. The molecule has 2 aromatic heterocycles. The maximum absolute atomic E-state index is 13.4. The van der Waals surface area contributed by atoms with Crippen LogP contribution in [0.4, 0.5) is 5.13 Å². The average molecular weight is 438 g/mol. The summed E-state index contributed by atoms with van der Waals surface area (Å²) in [7, 11) is 8.83. The summed E-state index contributed by atoms with van der Waals surface area (Å²) in [6.45, 7) is 1.33. The predicted octanol–water partition coefficient (Wildman–Crippen LogP) is 3.30. The molecule has 0 saturated heterocycles. The smallest absolute Gasteiger partial charge is 0.267 e. The zero-order valence-electron chi connectivity index (χ0n) is 17.1. The Morgan fingerprint density at radius 2 is 2.00 bits per heavy atom. The summed E-state index contributed by atoms with van der Waals surface area (Å²) in [5.74, 6) is 0.682. The Kier molecular flexibility index (Phi) is 6.61. The molecular weight excluding hydrogens is 414 g/mol. The minimum atomic E-state index is -0.220. The van der Waals surface area contributed by atoms with Gasteiger partial charge in [-0.15, -0.1) is 5.10 Å². The number of benzene rings is 1. The van der Waals surface area contributed by atoms with Crippen LogP contribution in [0.2, 0.25) is 5.02 Å². The van der Waals surface area contributed by atoms with E-state index in [1.807, 2.05) is 14.1 Å². The summed E-state index contributed by atoms with van der Waals surface area (Å²) in [4.78, 5) is 21.8. The summed E-state index contributed by atoms with van der Waals surface area (Å²) < 4.78 is 13.0. The van der Waals surface area contributed by atoms with Crippen molar-refractivity contribution in [2.24, 2.45) is 7.05 Å². The Morgan fingerprint density at radius 3 is 2.66 bits per heavy atom. The van der Waals surface area contributed by atoms with Crippen molar-refractivity contribution in [3.05, 3.63) is 28.9 Å². The molecule has 0 atom stereocenters.